The molecule has 0 saturated carbocycles. The summed E-state index contributed by atoms with van der Waals surface area (Å²) in [5, 5.41) is 22.3. The number of nitrogens with one attached hydrogen (secondary N) is 3. The van der Waals surface area contributed by atoms with Gasteiger partial charge in [-0.3, -0.25) is 14.7 Å². The molecule has 5 aromatic heterocycles. The Labute approximate surface area is 310 Å². The van der Waals surface area contributed by atoms with Crippen molar-refractivity contribution in [3.63, 3.8) is 0 Å². The van der Waals surface area contributed by atoms with E-state index in [-0.39, 0.29) is 22.5 Å². The van der Waals surface area contributed by atoms with Crippen LogP contribution < -0.4 is 4.72 Å². The Kier molecular flexibility index (Phi) is 8.87. The molecule has 0 radical (unpaired) electrons. The van der Waals surface area contributed by atoms with Crippen LogP contribution >= 0.6 is 22.7 Å². The average Bonchev–Trinajstić information content (AvgIpc) is 3.96. The van der Waals surface area contributed by atoms with Gasteiger partial charge in [-0.2, -0.15) is 0 Å². The molecule has 262 valence electrons. The summed E-state index contributed by atoms with van der Waals surface area (Å²) in [4.78, 5) is 27.5. The molecule has 0 atom stereocenters. The second kappa shape index (κ2) is 14.0. The summed E-state index contributed by atoms with van der Waals surface area (Å²) >= 11 is 3.05. The Bertz CT molecular complexity index is 2910. The molecule has 15 heteroatoms. The number of anilines is 1. The lowest BCUT2D eigenvalue weighted by Crippen LogP contribution is -2.13. The van der Waals surface area contributed by atoms with E-state index in [2.05, 4.69) is 39.6 Å². The third kappa shape index (κ3) is 6.83. The van der Waals surface area contributed by atoms with Crippen LogP contribution in [0.5, 0.6) is 11.8 Å². The molecule has 9 aromatic rings. The molecule has 0 aliphatic rings. The quantitative estimate of drug-likeness (QED) is 0.101. The average molecular weight is 757 g/mol. The lowest BCUT2D eigenvalue weighted by Gasteiger charge is -2.07. The van der Waals surface area contributed by atoms with Crippen LogP contribution in [0, 0.1) is 6.92 Å². The Morgan fingerprint density at radius 1 is 0.679 bits per heavy atom. The fourth-order valence-electron chi connectivity index (χ4n) is 5.72. The smallest absolute Gasteiger partial charge is 0.263 e. The maximum atomic E-state index is 12.5. The number of nitrogens with zero attached hydrogens (tertiary/aromatic N) is 5. The van der Waals surface area contributed by atoms with Crippen LogP contribution in [0.25, 0.3) is 42.2 Å². The van der Waals surface area contributed by atoms with E-state index in [1.807, 2.05) is 61.0 Å². The van der Waals surface area contributed by atoms with Gasteiger partial charge in [-0.15, -0.1) is 22.7 Å². The van der Waals surface area contributed by atoms with Crippen molar-refractivity contribution >= 4 is 105 Å². The molecule has 0 amide bonds. The molecule has 12 nitrogen and oxygen atoms in total. The number of thiazole rings is 2. The number of benzene rings is 4. The van der Waals surface area contributed by atoms with Crippen molar-refractivity contribution < 1.29 is 18.6 Å². The number of aromatic hydroxyl groups is 2. The van der Waals surface area contributed by atoms with E-state index in [0.717, 1.165) is 47.9 Å². The number of aromatic nitrogens is 5. The minimum atomic E-state index is -3.76. The number of sulfonamides is 1. The van der Waals surface area contributed by atoms with Gasteiger partial charge in [-0.25, -0.2) is 23.4 Å². The van der Waals surface area contributed by atoms with Crippen LogP contribution in [0.4, 0.5) is 17.2 Å². The highest BCUT2D eigenvalue weighted by atomic mass is 32.2. The van der Waals surface area contributed by atoms with E-state index in [0.29, 0.717) is 16.8 Å². The highest BCUT2D eigenvalue weighted by Gasteiger charge is 2.16. The van der Waals surface area contributed by atoms with Crippen molar-refractivity contribution in [2.45, 2.75) is 11.8 Å². The van der Waals surface area contributed by atoms with E-state index >= 15 is 0 Å². The first-order valence-corrected chi connectivity index (χ1v) is 19.3. The van der Waals surface area contributed by atoms with Gasteiger partial charge in [-0.1, -0.05) is 23.8 Å². The number of aryl methyl sites for hydroxylation is 1. The molecule has 5 N–H and O–H groups in total. The molecule has 0 saturated heterocycles. The van der Waals surface area contributed by atoms with Crippen LogP contribution in [0.2, 0.25) is 0 Å². The molecule has 0 unspecified atom stereocenters. The number of aromatic amines is 2. The number of hydrogen-bond donors (Lipinski definition) is 5. The summed E-state index contributed by atoms with van der Waals surface area (Å²) in [7, 11) is -3.76. The van der Waals surface area contributed by atoms with Crippen LogP contribution in [-0.2, 0) is 10.0 Å². The third-order valence-electron chi connectivity index (χ3n) is 8.32. The van der Waals surface area contributed by atoms with E-state index in [1.54, 1.807) is 59.6 Å². The zero-order chi connectivity index (χ0) is 36.5. The van der Waals surface area contributed by atoms with Gasteiger partial charge in [0.1, 0.15) is 5.82 Å². The Balaban J connectivity index is 0.000000160. The van der Waals surface area contributed by atoms with Gasteiger partial charge in [0, 0.05) is 29.4 Å². The first kappa shape index (κ1) is 33.7. The second-order valence-corrected chi connectivity index (χ2v) is 15.2. The van der Waals surface area contributed by atoms with Crippen molar-refractivity contribution in [3.05, 3.63) is 125 Å². The minimum Gasteiger partial charge on any atom is -0.494 e. The third-order valence-corrected chi connectivity index (χ3v) is 11.4. The molecule has 9 rings (SSSR count). The van der Waals surface area contributed by atoms with Crippen molar-refractivity contribution in [1.29, 1.82) is 0 Å². The van der Waals surface area contributed by atoms with Gasteiger partial charge in [0.25, 0.3) is 10.0 Å². The summed E-state index contributed by atoms with van der Waals surface area (Å²) in [5.74, 6) is 0.388. The van der Waals surface area contributed by atoms with Gasteiger partial charge < -0.3 is 20.2 Å². The monoisotopic (exact) mass is 756 g/mol. The van der Waals surface area contributed by atoms with Gasteiger partial charge >= 0.3 is 0 Å². The normalized spacial score (nSPS) is 12.0. The topological polar surface area (TPSA) is 182 Å². The maximum Gasteiger partial charge on any atom is 0.263 e. The van der Waals surface area contributed by atoms with Crippen molar-refractivity contribution in [2.24, 2.45) is 9.98 Å². The summed E-state index contributed by atoms with van der Waals surface area (Å²) in [6.45, 7) is 2.04. The van der Waals surface area contributed by atoms with Gasteiger partial charge in [-0.05, 0) is 79.7 Å². The van der Waals surface area contributed by atoms with Crippen LogP contribution in [0.3, 0.4) is 0 Å². The van der Waals surface area contributed by atoms with Gasteiger partial charge in [0.05, 0.1) is 69.9 Å². The summed E-state index contributed by atoms with van der Waals surface area (Å²) in [6, 6.07) is 26.7. The lowest BCUT2D eigenvalue weighted by atomic mass is 10.1. The SMILES string of the molecule is Cc1ccc(N=Cc2c(O)[nH]c3ccc4ncsc4c23)cc1.O=S(=O)(Nc1ccccn1)c1ccc(N=Cc2c(O)[nH]c3ccc4ncsc4c23)cc1. The van der Waals surface area contributed by atoms with E-state index in [1.165, 1.54) is 35.2 Å². The van der Waals surface area contributed by atoms with E-state index in [9.17, 15) is 18.6 Å². The van der Waals surface area contributed by atoms with Crippen LogP contribution in [0.1, 0.15) is 16.7 Å². The first-order valence-electron chi connectivity index (χ1n) is 16.1. The highest BCUT2D eigenvalue weighted by Crippen LogP contribution is 2.36. The Morgan fingerprint density at radius 2 is 1.21 bits per heavy atom. The fourth-order valence-corrected chi connectivity index (χ4v) is 8.43. The number of rotatable bonds is 7. The van der Waals surface area contributed by atoms with Crippen molar-refractivity contribution in [1.82, 2.24) is 24.9 Å². The largest absolute Gasteiger partial charge is 0.494 e. The summed E-state index contributed by atoms with van der Waals surface area (Å²) in [6.07, 6.45) is 4.77. The van der Waals surface area contributed by atoms with Crippen molar-refractivity contribution in [3.8, 4) is 11.8 Å². The Hall–Kier alpha value is -6.42. The summed E-state index contributed by atoms with van der Waals surface area (Å²) < 4.78 is 29.5. The first-order chi connectivity index (χ1) is 25.7. The number of aliphatic imine (C=N–C) groups is 2. The molecule has 0 aliphatic heterocycles. The predicted molar refractivity (Wildman–Crippen MR) is 213 cm³/mol. The lowest BCUT2D eigenvalue weighted by molar-refractivity contribution is 0.457. The molecular formula is C38H28N8O4S3. The van der Waals surface area contributed by atoms with E-state index < -0.39 is 10.0 Å². The number of fused-ring (bicyclic) bond motifs is 6. The molecule has 0 bridgehead atoms. The van der Waals surface area contributed by atoms with Crippen LogP contribution in [-0.4, -0.2) is 56.0 Å². The van der Waals surface area contributed by atoms with E-state index in [4.69, 9.17) is 0 Å². The summed E-state index contributed by atoms with van der Waals surface area (Å²) in [5.41, 5.74) is 10.9. The highest BCUT2D eigenvalue weighted by molar-refractivity contribution is 7.92. The van der Waals surface area contributed by atoms with Crippen molar-refractivity contribution in [2.75, 3.05) is 4.72 Å². The fraction of sp³-hybridized carbons (Fsp3) is 0.0263. The molecule has 0 fully saturated rings. The standard InChI is InChI=1S/C21H15N5O3S2.C17H13N3OS/c27-21-15(19-16(25-21)8-9-17-20(19)30-12-24-17)11-23-13-4-6-14(7-5-13)31(28,29)26-18-3-1-2-10-22-18;1-10-2-4-11(5-3-10)18-8-12-15-13(20-17(12)21)6-7-14-16(15)22-9-19-14/h1-12,25,27H,(H,22,26);2-9,20-21H,1H3. The molecule has 0 aliphatic carbocycles. The number of H-pyrrole nitrogens is 2. The zero-order valence-electron chi connectivity index (χ0n) is 27.7. The molecule has 0 spiro atoms. The second-order valence-electron chi connectivity index (χ2n) is 11.8. The molecule has 4 aromatic carbocycles. The predicted octanol–water partition coefficient (Wildman–Crippen LogP) is 8.97. The Morgan fingerprint density at radius 3 is 1.72 bits per heavy atom. The molecule has 53 heavy (non-hydrogen) atoms. The number of pyridine rings is 1. The zero-order valence-corrected chi connectivity index (χ0v) is 30.2. The van der Waals surface area contributed by atoms with Gasteiger partial charge in [0.2, 0.25) is 0 Å². The number of hydrogen-bond acceptors (Lipinski definition) is 11. The molecule has 5 heterocycles. The minimum absolute atomic E-state index is 0.0124. The van der Waals surface area contributed by atoms with Crippen LogP contribution in [0.15, 0.2) is 123 Å². The molecular weight excluding hydrogens is 729 g/mol. The maximum absolute atomic E-state index is 12.5. The van der Waals surface area contributed by atoms with Gasteiger partial charge in [0.15, 0.2) is 11.8 Å².